The highest BCUT2D eigenvalue weighted by Gasteiger charge is 2.33. The molecule has 1 aliphatic heterocycles. The molecule has 2 rings (SSSR count). The fraction of sp³-hybridized carbons (Fsp3) is 0.833. The molecular formula is C12H21N5O2S. The molecule has 0 spiro atoms. The Bertz CT molecular complexity index is 476. The molecule has 112 valence electrons. The van der Waals surface area contributed by atoms with Gasteiger partial charge >= 0.3 is 0 Å². The minimum atomic E-state index is -0.270. The molecule has 0 radical (unpaired) electrons. The van der Waals surface area contributed by atoms with Gasteiger partial charge in [0, 0.05) is 32.3 Å². The molecule has 1 aromatic heterocycles. The lowest BCUT2D eigenvalue weighted by molar-refractivity contribution is -0.157. The van der Waals surface area contributed by atoms with Gasteiger partial charge in [-0.3, -0.25) is 4.79 Å². The van der Waals surface area contributed by atoms with Gasteiger partial charge in [0.1, 0.15) is 0 Å². The predicted octanol–water partition coefficient (Wildman–Crippen LogP) is 0.718. The van der Waals surface area contributed by atoms with Crippen molar-refractivity contribution in [3.8, 4) is 0 Å². The monoisotopic (exact) mass is 299 g/mol. The fourth-order valence-electron chi connectivity index (χ4n) is 2.37. The number of hydrogen-bond donors (Lipinski definition) is 0. The number of carbonyl (C=O) groups excluding carboxylic acids is 1. The first-order valence-corrected chi connectivity index (χ1v) is 7.67. The van der Waals surface area contributed by atoms with Gasteiger partial charge in [0.25, 0.3) is 0 Å². The lowest BCUT2D eigenvalue weighted by Gasteiger charge is -2.41. The first kappa shape index (κ1) is 15.2. The number of tetrazole rings is 1. The van der Waals surface area contributed by atoms with Crippen LogP contribution in [0.4, 0.5) is 0 Å². The summed E-state index contributed by atoms with van der Waals surface area (Å²) in [6.45, 7) is 7.35. The summed E-state index contributed by atoms with van der Waals surface area (Å²) >= 11 is 1.49. The Kier molecular flexibility index (Phi) is 4.64. The van der Waals surface area contributed by atoms with Crippen LogP contribution in [0.5, 0.6) is 0 Å². The second kappa shape index (κ2) is 6.09. The second-order valence-corrected chi connectivity index (χ2v) is 6.71. The zero-order valence-corrected chi connectivity index (χ0v) is 13.2. The Morgan fingerprint density at radius 2 is 2.30 bits per heavy atom. The largest absolute Gasteiger partial charge is 0.369 e. The van der Waals surface area contributed by atoms with Crippen LogP contribution in [0.1, 0.15) is 27.2 Å². The van der Waals surface area contributed by atoms with Crippen LogP contribution in [0.15, 0.2) is 5.16 Å². The SMILES string of the molecule is CC1CN(C(=O)CCSc2nnnn2C)CC(C)(C)O1. The van der Waals surface area contributed by atoms with Gasteiger partial charge in [0.2, 0.25) is 11.1 Å². The highest BCUT2D eigenvalue weighted by Crippen LogP contribution is 2.22. The average Bonchev–Trinajstić information content (AvgIpc) is 2.72. The molecule has 1 saturated heterocycles. The van der Waals surface area contributed by atoms with E-state index in [4.69, 9.17) is 4.74 Å². The molecular weight excluding hydrogens is 278 g/mol. The van der Waals surface area contributed by atoms with Crippen LogP contribution in [-0.4, -0.2) is 61.6 Å². The van der Waals surface area contributed by atoms with Crippen LogP contribution in [0.3, 0.4) is 0 Å². The maximum absolute atomic E-state index is 12.2. The standard InChI is InChI=1S/C12H21N5O2S/c1-9-7-17(8-12(2,3)19-9)10(18)5-6-20-11-13-14-15-16(11)4/h9H,5-8H2,1-4H3. The maximum Gasteiger partial charge on any atom is 0.223 e. The lowest BCUT2D eigenvalue weighted by Crippen LogP contribution is -2.53. The van der Waals surface area contributed by atoms with Gasteiger partial charge < -0.3 is 9.64 Å². The van der Waals surface area contributed by atoms with E-state index < -0.39 is 0 Å². The van der Waals surface area contributed by atoms with Crippen LogP contribution in [-0.2, 0) is 16.6 Å². The number of thioether (sulfide) groups is 1. The molecule has 1 amide bonds. The molecule has 0 aliphatic carbocycles. The molecule has 1 aliphatic rings. The summed E-state index contributed by atoms with van der Waals surface area (Å²) < 4.78 is 7.41. The Labute approximate surface area is 123 Å². The highest BCUT2D eigenvalue weighted by molar-refractivity contribution is 7.99. The van der Waals surface area contributed by atoms with E-state index >= 15 is 0 Å². The number of rotatable bonds is 4. The van der Waals surface area contributed by atoms with Crippen molar-refractivity contribution >= 4 is 17.7 Å². The summed E-state index contributed by atoms with van der Waals surface area (Å²) in [6, 6.07) is 0. The highest BCUT2D eigenvalue weighted by atomic mass is 32.2. The van der Waals surface area contributed by atoms with E-state index in [1.165, 1.54) is 11.8 Å². The Hall–Kier alpha value is -1.15. The van der Waals surface area contributed by atoms with Crippen molar-refractivity contribution < 1.29 is 9.53 Å². The number of amides is 1. The van der Waals surface area contributed by atoms with E-state index in [9.17, 15) is 4.79 Å². The first-order valence-electron chi connectivity index (χ1n) is 6.68. The van der Waals surface area contributed by atoms with Gasteiger partial charge in [-0.25, -0.2) is 4.68 Å². The minimum Gasteiger partial charge on any atom is -0.369 e. The second-order valence-electron chi connectivity index (χ2n) is 5.65. The fourth-order valence-corrected chi connectivity index (χ4v) is 3.15. The van der Waals surface area contributed by atoms with Crippen LogP contribution in [0.25, 0.3) is 0 Å². The molecule has 1 atom stereocenters. The molecule has 20 heavy (non-hydrogen) atoms. The maximum atomic E-state index is 12.2. The summed E-state index contributed by atoms with van der Waals surface area (Å²) in [6.07, 6.45) is 0.568. The molecule has 1 aromatic rings. The third kappa shape index (κ3) is 3.92. The zero-order valence-electron chi connectivity index (χ0n) is 12.4. The van der Waals surface area contributed by atoms with Gasteiger partial charge in [0.05, 0.1) is 11.7 Å². The van der Waals surface area contributed by atoms with E-state index in [1.54, 1.807) is 11.7 Å². The quantitative estimate of drug-likeness (QED) is 0.763. The summed E-state index contributed by atoms with van der Waals surface area (Å²) in [5.74, 6) is 0.843. The van der Waals surface area contributed by atoms with E-state index in [1.807, 2.05) is 25.7 Å². The molecule has 1 fully saturated rings. The van der Waals surface area contributed by atoms with Gasteiger partial charge in [-0.1, -0.05) is 11.8 Å². The van der Waals surface area contributed by atoms with Gasteiger partial charge in [0.15, 0.2) is 0 Å². The molecule has 1 unspecified atom stereocenters. The number of carbonyl (C=O) groups is 1. The molecule has 8 heteroatoms. The van der Waals surface area contributed by atoms with Crippen molar-refractivity contribution in [1.29, 1.82) is 0 Å². The Balaban J connectivity index is 1.81. The van der Waals surface area contributed by atoms with Crippen molar-refractivity contribution in [2.75, 3.05) is 18.8 Å². The van der Waals surface area contributed by atoms with Crippen molar-refractivity contribution in [2.24, 2.45) is 7.05 Å². The number of morpholine rings is 1. The molecule has 7 nitrogen and oxygen atoms in total. The predicted molar refractivity (Wildman–Crippen MR) is 75.3 cm³/mol. The van der Waals surface area contributed by atoms with Crippen molar-refractivity contribution in [2.45, 2.75) is 44.1 Å². The number of nitrogens with zero attached hydrogens (tertiary/aromatic N) is 5. The number of ether oxygens (including phenoxy) is 1. The van der Waals surface area contributed by atoms with E-state index in [0.717, 1.165) is 5.16 Å². The third-order valence-electron chi connectivity index (χ3n) is 3.05. The lowest BCUT2D eigenvalue weighted by atomic mass is 10.1. The van der Waals surface area contributed by atoms with Crippen LogP contribution in [0.2, 0.25) is 0 Å². The normalized spacial score (nSPS) is 22.0. The van der Waals surface area contributed by atoms with E-state index in [0.29, 0.717) is 25.3 Å². The van der Waals surface area contributed by atoms with E-state index in [-0.39, 0.29) is 17.6 Å². The van der Waals surface area contributed by atoms with Gasteiger partial charge in [-0.2, -0.15) is 0 Å². The summed E-state index contributed by atoms with van der Waals surface area (Å²) in [5.41, 5.74) is -0.270. The summed E-state index contributed by atoms with van der Waals surface area (Å²) in [4.78, 5) is 14.1. The zero-order chi connectivity index (χ0) is 14.8. The molecule has 0 N–H and O–H groups in total. The smallest absolute Gasteiger partial charge is 0.223 e. The summed E-state index contributed by atoms with van der Waals surface area (Å²) in [5, 5.41) is 11.9. The Morgan fingerprint density at radius 3 is 2.90 bits per heavy atom. The number of aromatic nitrogens is 4. The molecule has 0 bridgehead atoms. The molecule has 0 aromatic carbocycles. The summed E-state index contributed by atoms with van der Waals surface area (Å²) in [7, 11) is 1.79. The van der Waals surface area contributed by atoms with Crippen LogP contribution >= 0.6 is 11.8 Å². The number of aryl methyl sites for hydroxylation is 1. The van der Waals surface area contributed by atoms with E-state index in [2.05, 4.69) is 15.5 Å². The Morgan fingerprint density at radius 1 is 1.55 bits per heavy atom. The first-order chi connectivity index (χ1) is 9.37. The molecule has 2 heterocycles. The minimum absolute atomic E-state index is 0.0818. The van der Waals surface area contributed by atoms with Crippen LogP contribution in [0, 0.1) is 0 Å². The van der Waals surface area contributed by atoms with Crippen molar-refractivity contribution in [3.05, 3.63) is 0 Å². The van der Waals surface area contributed by atoms with Crippen molar-refractivity contribution in [1.82, 2.24) is 25.1 Å². The van der Waals surface area contributed by atoms with Crippen molar-refractivity contribution in [3.63, 3.8) is 0 Å². The average molecular weight is 299 g/mol. The van der Waals surface area contributed by atoms with Crippen LogP contribution < -0.4 is 0 Å². The topological polar surface area (TPSA) is 73.1 Å². The van der Waals surface area contributed by atoms with Gasteiger partial charge in [-0.15, -0.1) is 5.10 Å². The third-order valence-corrected chi connectivity index (χ3v) is 4.06. The number of hydrogen-bond acceptors (Lipinski definition) is 6. The van der Waals surface area contributed by atoms with Gasteiger partial charge in [-0.05, 0) is 31.2 Å². The molecule has 0 saturated carbocycles.